The first-order valence-corrected chi connectivity index (χ1v) is 12.7. The molecular formula is C28H26ClFN4O4. The van der Waals surface area contributed by atoms with E-state index in [0.29, 0.717) is 23.7 Å². The number of ether oxygens (including phenoxy) is 1. The van der Waals surface area contributed by atoms with Crippen molar-refractivity contribution in [2.75, 3.05) is 19.7 Å². The number of amides is 3. The van der Waals surface area contributed by atoms with Crippen molar-refractivity contribution in [2.24, 2.45) is 0 Å². The minimum absolute atomic E-state index is 0.0155. The molecule has 0 saturated carbocycles. The number of nitrogens with zero attached hydrogens (tertiary/aromatic N) is 3. The normalized spacial score (nSPS) is 18.4. The van der Waals surface area contributed by atoms with Crippen LogP contribution in [0.4, 0.5) is 4.39 Å². The number of aromatic nitrogens is 1. The van der Waals surface area contributed by atoms with Gasteiger partial charge in [-0.3, -0.25) is 24.3 Å². The maximum atomic E-state index is 14.0. The molecule has 1 N–H and O–H groups in total. The lowest BCUT2D eigenvalue weighted by Gasteiger charge is -2.44. The van der Waals surface area contributed by atoms with Gasteiger partial charge >= 0.3 is 0 Å². The van der Waals surface area contributed by atoms with Gasteiger partial charge in [-0.05, 0) is 42.0 Å². The van der Waals surface area contributed by atoms with Gasteiger partial charge in [-0.2, -0.15) is 0 Å². The molecule has 2 aliphatic heterocycles. The van der Waals surface area contributed by atoms with Gasteiger partial charge in [-0.15, -0.1) is 0 Å². The molecule has 3 heterocycles. The Balaban J connectivity index is 1.37. The fraction of sp³-hybridized carbons (Fsp3) is 0.286. The monoisotopic (exact) mass is 536 g/mol. The molecule has 0 radical (unpaired) electrons. The third-order valence-electron chi connectivity index (χ3n) is 6.98. The van der Waals surface area contributed by atoms with Crippen LogP contribution in [0.5, 0.6) is 0 Å². The van der Waals surface area contributed by atoms with Crippen molar-refractivity contribution in [1.82, 2.24) is 20.1 Å². The highest BCUT2D eigenvalue weighted by molar-refractivity contribution is 6.33. The smallest absolute Gasteiger partial charge is 0.256 e. The van der Waals surface area contributed by atoms with Crippen LogP contribution >= 0.6 is 11.6 Å². The number of hydrogen-bond acceptors (Lipinski definition) is 5. The van der Waals surface area contributed by atoms with Crippen molar-refractivity contribution in [2.45, 2.75) is 31.2 Å². The van der Waals surface area contributed by atoms with Crippen molar-refractivity contribution >= 4 is 29.3 Å². The summed E-state index contributed by atoms with van der Waals surface area (Å²) in [7, 11) is 0. The predicted molar refractivity (Wildman–Crippen MR) is 138 cm³/mol. The first kappa shape index (κ1) is 25.8. The number of pyridine rings is 1. The molecule has 38 heavy (non-hydrogen) atoms. The van der Waals surface area contributed by atoms with Crippen molar-refractivity contribution < 1.29 is 23.5 Å². The molecule has 1 aromatic heterocycles. The van der Waals surface area contributed by atoms with Crippen LogP contribution in [0.15, 0.2) is 73.1 Å². The quantitative estimate of drug-likeness (QED) is 0.537. The Morgan fingerprint density at radius 3 is 2.55 bits per heavy atom. The summed E-state index contributed by atoms with van der Waals surface area (Å²) in [4.78, 5) is 47.3. The van der Waals surface area contributed by atoms with Crippen molar-refractivity contribution in [3.05, 3.63) is 101 Å². The van der Waals surface area contributed by atoms with Crippen LogP contribution in [0.3, 0.4) is 0 Å². The zero-order valence-electron chi connectivity index (χ0n) is 20.5. The number of carbonyl (C=O) groups excluding carboxylic acids is 3. The highest BCUT2D eigenvalue weighted by Gasteiger charge is 2.54. The van der Waals surface area contributed by atoms with Crippen LogP contribution in [0.1, 0.15) is 39.1 Å². The summed E-state index contributed by atoms with van der Waals surface area (Å²) in [6, 6.07) is 14.9. The van der Waals surface area contributed by atoms with Gasteiger partial charge in [0.2, 0.25) is 5.91 Å². The first-order chi connectivity index (χ1) is 18.4. The zero-order chi connectivity index (χ0) is 26.7. The van der Waals surface area contributed by atoms with Crippen molar-refractivity contribution in [3.63, 3.8) is 0 Å². The second-order valence-corrected chi connectivity index (χ2v) is 9.72. The molecule has 8 nitrogen and oxygen atoms in total. The average Bonchev–Trinajstić information content (AvgIpc) is 3.30. The molecule has 10 heteroatoms. The molecule has 1 spiro atoms. The number of hydrogen-bond donors (Lipinski definition) is 1. The van der Waals surface area contributed by atoms with E-state index in [9.17, 15) is 18.8 Å². The van der Waals surface area contributed by atoms with E-state index in [-0.39, 0.29) is 43.4 Å². The highest BCUT2D eigenvalue weighted by Crippen LogP contribution is 2.39. The molecule has 2 saturated heterocycles. The fourth-order valence-electron chi connectivity index (χ4n) is 5.00. The Hall–Kier alpha value is -3.82. The summed E-state index contributed by atoms with van der Waals surface area (Å²) in [5, 5.41) is 3.22. The van der Waals surface area contributed by atoms with Gasteiger partial charge in [0, 0.05) is 50.4 Å². The van der Waals surface area contributed by atoms with E-state index >= 15 is 0 Å². The second kappa shape index (κ2) is 10.9. The van der Waals surface area contributed by atoms with Gasteiger partial charge in [0.1, 0.15) is 17.6 Å². The number of benzene rings is 2. The Labute approximate surface area is 224 Å². The fourth-order valence-corrected chi connectivity index (χ4v) is 5.22. The highest BCUT2D eigenvalue weighted by atomic mass is 35.5. The topological polar surface area (TPSA) is 91.8 Å². The number of halogens is 2. The SMILES string of the molecule is O=C(NCc1cccnc1)[C@H]1COC2(CCN(C(=O)c3ccccc3Cl)CC2)N1C(=O)c1cccc(F)c1. The van der Waals surface area contributed by atoms with Crippen molar-refractivity contribution in [3.8, 4) is 0 Å². The number of carbonyl (C=O) groups is 3. The van der Waals surface area contributed by atoms with E-state index in [2.05, 4.69) is 10.3 Å². The van der Waals surface area contributed by atoms with Crippen molar-refractivity contribution in [1.29, 1.82) is 0 Å². The molecule has 3 aromatic rings. The van der Waals surface area contributed by atoms with Crippen LogP contribution in [-0.2, 0) is 16.1 Å². The molecule has 2 aliphatic rings. The molecule has 0 unspecified atom stereocenters. The van der Waals surface area contributed by atoms with E-state index in [4.69, 9.17) is 16.3 Å². The molecule has 1 atom stereocenters. The number of nitrogens with one attached hydrogen (secondary N) is 1. The molecule has 2 fully saturated rings. The predicted octanol–water partition coefficient (Wildman–Crippen LogP) is 3.66. The Bertz CT molecular complexity index is 1350. The Morgan fingerprint density at radius 2 is 1.84 bits per heavy atom. The molecule has 5 rings (SSSR count). The van der Waals surface area contributed by atoms with Crippen LogP contribution in [0, 0.1) is 5.82 Å². The van der Waals surface area contributed by atoms with Gasteiger partial charge in [0.15, 0.2) is 0 Å². The summed E-state index contributed by atoms with van der Waals surface area (Å²) in [5.41, 5.74) is 0.216. The summed E-state index contributed by atoms with van der Waals surface area (Å²) in [6.07, 6.45) is 3.86. The minimum Gasteiger partial charge on any atom is -0.353 e. The standard InChI is InChI=1S/C28H26ClFN4O4/c29-23-9-2-1-8-22(23)27(37)33-13-10-28(11-14-33)34(26(36)20-6-3-7-21(30)15-20)24(18-38-28)25(35)32-17-19-5-4-12-31-16-19/h1-9,12,15-16,24H,10-11,13-14,17-18H2,(H,32,35)/t24-/m1/s1. The lowest BCUT2D eigenvalue weighted by atomic mass is 9.96. The van der Waals surface area contributed by atoms with E-state index in [1.54, 1.807) is 47.6 Å². The number of piperidine rings is 1. The molecule has 2 aromatic carbocycles. The molecule has 0 aliphatic carbocycles. The maximum Gasteiger partial charge on any atom is 0.256 e. The number of likely N-dealkylation sites (tertiary alicyclic amines) is 1. The lowest BCUT2D eigenvalue weighted by molar-refractivity contribution is -0.128. The Morgan fingerprint density at radius 1 is 1.05 bits per heavy atom. The van der Waals surface area contributed by atoms with Gasteiger partial charge < -0.3 is 15.0 Å². The van der Waals surface area contributed by atoms with Gasteiger partial charge in [0.25, 0.3) is 11.8 Å². The largest absolute Gasteiger partial charge is 0.353 e. The van der Waals surface area contributed by atoms with Gasteiger partial charge in [0.05, 0.1) is 17.2 Å². The van der Waals surface area contributed by atoms with E-state index in [0.717, 1.165) is 11.6 Å². The molecule has 196 valence electrons. The molecule has 0 bridgehead atoms. The van der Waals surface area contributed by atoms with Crippen LogP contribution < -0.4 is 5.32 Å². The third kappa shape index (κ3) is 5.12. The lowest BCUT2D eigenvalue weighted by Crippen LogP contribution is -2.59. The molecule has 3 amide bonds. The summed E-state index contributed by atoms with van der Waals surface area (Å²) < 4.78 is 20.2. The van der Waals surface area contributed by atoms with Crippen LogP contribution in [0.25, 0.3) is 0 Å². The summed E-state index contributed by atoms with van der Waals surface area (Å²) >= 11 is 6.23. The van der Waals surface area contributed by atoms with E-state index in [1.807, 2.05) is 6.07 Å². The maximum absolute atomic E-state index is 14.0. The van der Waals surface area contributed by atoms with E-state index in [1.165, 1.54) is 23.1 Å². The molecular weight excluding hydrogens is 511 g/mol. The summed E-state index contributed by atoms with van der Waals surface area (Å²) in [6.45, 7) is 0.804. The Kier molecular flexibility index (Phi) is 7.40. The first-order valence-electron chi connectivity index (χ1n) is 12.3. The van der Waals surface area contributed by atoms with Gasteiger partial charge in [-0.1, -0.05) is 35.9 Å². The minimum atomic E-state index is -1.11. The van der Waals surface area contributed by atoms with Crippen LogP contribution in [0.2, 0.25) is 5.02 Å². The average molecular weight is 537 g/mol. The number of rotatable bonds is 5. The van der Waals surface area contributed by atoms with Gasteiger partial charge in [-0.25, -0.2) is 4.39 Å². The van der Waals surface area contributed by atoms with E-state index < -0.39 is 23.5 Å². The second-order valence-electron chi connectivity index (χ2n) is 9.31. The van der Waals surface area contributed by atoms with Crippen LogP contribution in [-0.4, -0.2) is 64.0 Å². The zero-order valence-corrected chi connectivity index (χ0v) is 21.2. The summed E-state index contributed by atoms with van der Waals surface area (Å²) in [5.74, 6) is -1.65. The third-order valence-corrected chi connectivity index (χ3v) is 7.31.